The minimum atomic E-state index is 0.909. The van der Waals surface area contributed by atoms with Crippen LogP contribution in [0, 0.1) is 0 Å². The quantitative estimate of drug-likeness (QED) is 0.166. The number of para-hydroxylation sites is 1. The molecule has 2 heteroatoms. The Balaban J connectivity index is 1.08. The first kappa shape index (κ1) is 31.6. The van der Waals surface area contributed by atoms with Crippen LogP contribution in [0.2, 0.25) is 0 Å². The van der Waals surface area contributed by atoms with E-state index in [1.165, 1.54) is 49.7 Å². The summed E-state index contributed by atoms with van der Waals surface area (Å²) in [6.07, 6.45) is 0. The van der Waals surface area contributed by atoms with Crippen molar-refractivity contribution in [3.8, 4) is 44.5 Å². The molecular weight excluding hydrogens is 655 g/mol. The van der Waals surface area contributed by atoms with Crippen LogP contribution in [-0.4, -0.2) is 0 Å². The Morgan fingerprint density at radius 1 is 0.278 bits per heavy atom. The van der Waals surface area contributed by atoms with Crippen molar-refractivity contribution in [3.05, 3.63) is 212 Å². The molecule has 0 bridgehead atoms. The molecule has 0 atom stereocenters. The van der Waals surface area contributed by atoms with Gasteiger partial charge in [-0.15, -0.1) is 0 Å². The van der Waals surface area contributed by atoms with Crippen molar-refractivity contribution in [2.24, 2.45) is 0 Å². The van der Waals surface area contributed by atoms with Gasteiger partial charge in [0.1, 0.15) is 11.2 Å². The summed E-state index contributed by atoms with van der Waals surface area (Å²) in [4.78, 5) is 2.35. The van der Waals surface area contributed by atoms with E-state index in [1.807, 2.05) is 6.07 Å². The van der Waals surface area contributed by atoms with Crippen molar-refractivity contribution in [3.63, 3.8) is 0 Å². The summed E-state index contributed by atoms with van der Waals surface area (Å²) in [6.45, 7) is 0. The number of hydrogen-bond donors (Lipinski definition) is 0. The molecular formula is C52H35NO. The van der Waals surface area contributed by atoms with Crippen LogP contribution in [0.4, 0.5) is 17.1 Å². The summed E-state index contributed by atoms with van der Waals surface area (Å²) < 4.78 is 6.40. The summed E-state index contributed by atoms with van der Waals surface area (Å²) in [5.74, 6) is 0. The first-order valence-electron chi connectivity index (χ1n) is 18.4. The molecule has 9 aromatic carbocycles. The van der Waals surface area contributed by atoms with Crippen molar-refractivity contribution in [1.82, 2.24) is 0 Å². The lowest BCUT2D eigenvalue weighted by Crippen LogP contribution is -2.10. The number of nitrogens with zero attached hydrogens (tertiary/aromatic N) is 1. The minimum Gasteiger partial charge on any atom is -0.456 e. The largest absolute Gasteiger partial charge is 0.456 e. The average molecular weight is 690 g/mol. The van der Waals surface area contributed by atoms with Gasteiger partial charge < -0.3 is 9.32 Å². The Morgan fingerprint density at radius 2 is 0.778 bits per heavy atom. The molecule has 2 nitrogen and oxygen atoms in total. The van der Waals surface area contributed by atoms with E-state index in [2.05, 4.69) is 211 Å². The van der Waals surface area contributed by atoms with Crippen LogP contribution in [0.25, 0.3) is 77.2 Å². The van der Waals surface area contributed by atoms with Crippen LogP contribution >= 0.6 is 0 Å². The summed E-state index contributed by atoms with van der Waals surface area (Å²) in [6, 6.07) is 75.8. The highest BCUT2D eigenvalue weighted by Crippen LogP contribution is 2.42. The minimum absolute atomic E-state index is 0.909. The molecule has 0 fully saturated rings. The van der Waals surface area contributed by atoms with Crippen LogP contribution < -0.4 is 4.90 Å². The molecule has 0 aliphatic rings. The third-order valence-corrected chi connectivity index (χ3v) is 10.5. The van der Waals surface area contributed by atoms with Gasteiger partial charge in [0.05, 0.1) is 0 Å². The smallest absolute Gasteiger partial charge is 0.136 e. The lowest BCUT2D eigenvalue weighted by molar-refractivity contribution is 0.669. The van der Waals surface area contributed by atoms with E-state index in [0.29, 0.717) is 0 Å². The van der Waals surface area contributed by atoms with Crippen molar-refractivity contribution in [1.29, 1.82) is 0 Å². The standard InChI is InChI=1S/C52H35NO/c1-4-13-36(14-5-1)38-23-28-43(29-24-38)53(45-20-12-19-41(33-45)37-15-6-2-7-16-37)44-30-25-39(26-31-44)42-27-32-46-49(34-42)48(40-17-8-3-9-18-40)35-51-52(46)47-21-10-11-22-50(47)54-51/h1-35H. The van der Waals surface area contributed by atoms with Gasteiger partial charge in [0.25, 0.3) is 0 Å². The molecule has 0 aliphatic carbocycles. The predicted octanol–water partition coefficient (Wildman–Crippen LogP) is 14.9. The zero-order chi connectivity index (χ0) is 35.8. The molecule has 0 spiro atoms. The maximum Gasteiger partial charge on any atom is 0.136 e. The Hall–Kier alpha value is -7.16. The lowest BCUT2D eigenvalue weighted by Gasteiger charge is -2.26. The van der Waals surface area contributed by atoms with E-state index < -0.39 is 0 Å². The van der Waals surface area contributed by atoms with E-state index >= 15 is 0 Å². The molecule has 1 aromatic heterocycles. The van der Waals surface area contributed by atoms with Crippen LogP contribution in [0.3, 0.4) is 0 Å². The number of rotatable bonds is 7. The summed E-state index contributed by atoms with van der Waals surface area (Å²) in [5.41, 5.74) is 14.6. The summed E-state index contributed by atoms with van der Waals surface area (Å²) in [5, 5.41) is 4.70. The molecule has 1 heterocycles. The molecule has 10 aromatic rings. The second kappa shape index (κ2) is 13.4. The number of benzene rings is 9. The Morgan fingerprint density at radius 3 is 1.44 bits per heavy atom. The second-order valence-corrected chi connectivity index (χ2v) is 13.7. The van der Waals surface area contributed by atoms with Gasteiger partial charge in [-0.25, -0.2) is 0 Å². The van der Waals surface area contributed by atoms with Gasteiger partial charge >= 0.3 is 0 Å². The zero-order valence-corrected chi connectivity index (χ0v) is 29.6. The second-order valence-electron chi connectivity index (χ2n) is 13.7. The average Bonchev–Trinajstić information content (AvgIpc) is 3.64. The molecule has 0 saturated carbocycles. The van der Waals surface area contributed by atoms with E-state index in [-0.39, 0.29) is 0 Å². The SMILES string of the molecule is c1ccc(-c2ccc(N(c3ccc(-c4ccc5c(c4)c(-c4ccccc4)cc4oc6ccccc6c45)cc3)c3cccc(-c4ccccc4)c3)cc2)cc1. The monoisotopic (exact) mass is 689 g/mol. The van der Waals surface area contributed by atoms with Crippen LogP contribution in [0.5, 0.6) is 0 Å². The van der Waals surface area contributed by atoms with Crippen molar-refractivity contribution >= 4 is 49.8 Å². The Bertz CT molecular complexity index is 2890. The fourth-order valence-corrected chi connectivity index (χ4v) is 7.81. The van der Waals surface area contributed by atoms with Gasteiger partial charge in [-0.1, -0.05) is 158 Å². The number of furan rings is 1. The molecule has 254 valence electrons. The predicted molar refractivity (Wildman–Crippen MR) is 228 cm³/mol. The highest BCUT2D eigenvalue weighted by atomic mass is 16.3. The molecule has 0 radical (unpaired) electrons. The zero-order valence-electron chi connectivity index (χ0n) is 29.6. The van der Waals surface area contributed by atoms with Gasteiger partial charge in [-0.05, 0) is 110 Å². The molecule has 0 saturated heterocycles. The number of anilines is 3. The fraction of sp³-hybridized carbons (Fsp3) is 0. The Kier molecular flexibility index (Phi) is 7.85. The molecule has 10 rings (SSSR count). The molecule has 54 heavy (non-hydrogen) atoms. The molecule has 0 N–H and O–H groups in total. The first-order chi connectivity index (χ1) is 26.8. The Labute approximate surface area is 314 Å². The first-order valence-corrected chi connectivity index (χ1v) is 18.4. The summed E-state index contributed by atoms with van der Waals surface area (Å²) in [7, 11) is 0. The van der Waals surface area contributed by atoms with Crippen LogP contribution in [0.1, 0.15) is 0 Å². The molecule has 0 amide bonds. The van der Waals surface area contributed by atoms with Crippen molar-refractivity contribution < 1.29 is 4.42 Å². The maximum atomic E-state index is 6.40. The van der Waals surface area contributed by atoms with Gasteiger partial charge in [0.15, 0.2) is 0 Å². The van der Waals surface area contributed by atoms with Gasteiger partial charge in [0, 0.05) is 27.8 Å². The van der Waals surface area contributed by atoms with Crippen molar-refractivity contribution in [2.45, 2.75) is 0 Å². The van der Waals surface area contributed by atoms with Crippen LogP contribution in [-0.2, 0) is 0 Å². The fourth-order valence-electron chi connectivity index (χ4n) is 7.81. The van der Waals surface area contributed by atoms with Gasteiger partial charge in [0.2, 0.25) is 0 Å². The normalized spacial score (nSPS) is 11.3. The van der Waals surface area contributed by atoms with Gasteiger partial charge in [-0.2, -0.15) is 0 Å². The van der Waals surface area contributed by atoms with Gasteiger partial charge in [-0.3, -0.25) is 0 Å². The molecule has 0 unspecified atom stereocenters. The van der Waals surface area contributed by atoms with Crippen LogP contribution in [0.15, 0.2) is 217 Å². The highest BCUT2D eigenvalue weighted by molar-refractivity contribution is 6.22. The van der Waals surface area contributed by atoms with E-state index in [4.69, 9.17) is 4.42 Å². The maximum absolute atomic E-state index is 6.40. The third-order valence-electron chi connectivity index (χ3n) is 10.5. The highest BCUT2D eigenvalue weighted by Gasteiger charge is 2.17. The van der Waals surface area contributed by atoms with E-state index in [0.717, 1.165) is 44.6 Å². The van der Waals surface area contributed by atoms with E-state index in [9.17, 15) is 0 Å². The summed E-state index contributed by atoms with van der Waals surface area (Å²) >= 11 is 0. The molecule has 0 aliphatic heterocycles. The van der Waals surface area contributed by atoms with Crippen molar-refractivity contribution in [2.75, 3.05) is 4.90 Å². The van der Waals surface area contributed by atoms with E-state index in [1.54, 1.807) is 0 Å². The topological polar surface area (TPSA) is 16.4 Å². The lowest BCUT2D eigenvalue weighted by atomic mass is 9.92. The number of hydrogen-bond acceptors (Lipinski definition) is 2. The third kappa shape index (κ3) is 5.71. The number of fused-ring (bicyclic) bond motifs is 5.